The van der Waals surface area contributed by atoms with E-state index in [-0.39, 0.29) is 11.6 Å². The van der Waals surface area contributed by atoms with E-state index in [9.17, 15) is 4.79 Å². The predicted molar refractivity (Wildman–Crippen MR) is 100 cm³/mol. The van der Waals surface area contributed by atoms with Gasteiger partial charge < -0.3 is 10.6 Å². The molecule has 3 rings (SSSR count). The molecule has 0 atom stereocenters. The number of amides is 1. The van der Waals surface area contributed by atoms with Crippen molar-refractivity contribution in [2.75, 3.05) is 10.6 Å². The predicted octanol–water partition coefficient (Wildman–Crippen LogP) is 4.40. The van der Waals surface area contributed by atoms with E-state index in [0.29, 0.717) is 5.82 Å². The molecule has 0 radical (unpaired) electrons. The first-order valence-corrected chi connectivity index (χ1v) is 8.08. The van der Waals surface area contributed by atoms with Crippen LogP contribution >= 0.6 is 0 Å². The molecule has 1 amide bonds. The minimum absolute atomic E-state index is 0.271. The van der Waals surface area contributed by atoms with Crippen LogP contribution in [0.4, 0.5) is 17.2 Å². The molecule has 0 aliphatic heterocycles. The maximum absolute atomic E-state index is 12.4. The maximum atomic E-state index is 12.4. The normalized spacial score (nSPS) is 10.4. The summed E-state index contributed by atoms with van der Waals surface area (Å²) in [6.07, 6.45) is 0. The van der Waals surface area contributed by atoms with Gasteiger partial charge in [0.2, 0.25) is 0 Å². The summed E-state index contributed by atoms with van der Waals surface area (Å²) in [6.45, 7) is 5.95. The Balaban J connectivity index is 1.72. The summed E-state index contributed by atoms with van der Waals surface area (Å²) in [4.78, 5) is 12.4. The number of aromatic nitrogens is 2. The van der Waals surface area contributed by atoms with Gasteiger partial charge in [0.15, 0.2) is 11.5 Å². The van der Waals surface area contributed by atoms with Crippen molar-refractivity contribution in [1.82, 2.24) is 10.2 Å². The minimum atomic E-state index is -0.271. The molecule has 0 unspecified atom stereocenters. The second-order valence-electron chi connectivity index (χ2n) is 6.02. The summed E-state index contributed by atoms with van der Waals surface area (Å²) in [5.41, 5.74) is 5.20. The number of aryl methyl sites for hydroxylation is 3. The Kier molecular flexibility index (Phi) is 4.75. The van der Waals surface area contributed by atoms with Gasteiger partial charge in [0, 0.05) is 11.4 Å². The van der Waals surface area contributed by atoms with Crippen LogP contribution < -0.4 is 10.6 Å². The Morgan fingerprint density at radius 3 is 2.24 bits per heavy atom. The fraction of sp³-hybridized carbons (Fsp3) is 0.150. The number of carbonyl (C=O) groups excluding carboxylic acids is 1. The Morgan fingerprint density at radius 2 is 1.60 bits per heavy atom. The molecule has 1 aromatic heterocycles. The molecule has 0 saturated carbocycles. The van der Waals surface area contributed by atoms with Crippen molar-refractivity contribution in [3.63, 3.8) is 0 Å². The number of anilines is 3. The molecule has 2 N–H and O–H groups in total. The van der Waals surface area contributed by atoms with Crippen molar-refractivity contribution >= 4 is 23.1 Å². The summed E-state index contributed by atoms with van der Waals surface area (Å²) in [5.74, 6) is 0.321. The van der Waals surface area contributed by atoms with Gasteiger partial charge in [0.25, 0.3) is 5.91 Å². The maximum Gasteiger partial charge on any atom is 0.276 e. The van der Waals surface area contributed by atoms with Crippen LogP contribution in [0, 0.1) is 20.8 Å². The van der Waals surface area contributed by atoms with Crippen LogP contribution in [0.5, 0.6) is 0 Å². The van der Waals surface area contributed by atoms with Gasteiger partial charge in [-0.25, -0.2) is 0 Å². The van der Waals surface area contributed by atoms with Crippen LogP contribution in [0.1, 0.15) is 27.2 Å². The van der Waals surface area contributed by atoms with Crippen LogP contribution in [-0.2, 0) is 0 Å². The number of para-hydroxylation sites is 1. The number of nitrogens with one attached hydrogen (secondary N) is 2. The van der Waals surface area contributed by atoms with Gasteiger partial charge in [-0.1, -0.05) is 30.3 Å². The zero-order valence-electron chi connectivity index (χ0n) is 14.5. The second-order valence-corrected chi connectivity index (χ2v) is 6.02. The molecule has 5 heteroatoms. The fourth-order valence-electron chi connectivity index (χ4n) is 2.58. The smallest absolute Gasteiger partial charge is 0.276 e. The molecule has 3 aromatic rings. The lowest BCUT2D eigenvalue weighted by atomic mass is 10.1. The second kappa shape index (κ2) is 7.13. The zero-order chi connectivity index (χ0) is 17.8. The first kappa shape index (κ1) is 16.6. The van der Waals surface area contributed by atoms with Crippen molar-refractivity contribution in [3.8, 4) is 0 Å². The lowest BCUT2D eigenvalue weighted by Gasteiger charge is -2.11. The highest BCUT2D eigenvalue weighted by molar-refractivity contribution is 6.03. The van der Waals surface area contributed by atoms with Crippen molar-refractivity contribution in [2.24, 2.45) is 0 Å². The third-order valence-electron chi connectivity index (χ3n) is 3.91. The number of benzene rings is 2. The van der Waals surface area contributed by atoms with Gasteiger partial charge in [0.1, 0.15) is 0 Å². The summed E-state index contributed by atoms with van der Waals surface area (Å²) >= 11 is 0. The Hall–Kier alpha value is -3.21. The zero-order valence-corrected chi connectivity index (χ0v) is 14.5. The minimum Gasteiger partial charge on any atom is -0.339 e. The molecule has 5 nitrogen and oxygen atoms in total. The van der Waals surface area contributed by atoms with E-state index >= 15 is 0 Å². The third-order valence-corrected chi connectivity index (χ3v) is 3.91. The van der Waals surface area contributed by atoms with Crippen LogP contribution in [-0.4, -0.2) is 16.1 Å². The van der Waals surface area contributed by atoms with E-state index < -0.39 is 0 Å². The van der Waals surface area contributed by atoms with E-state index in [1.165, 1.54) is 0 Å². The average molecular weight is 332 g/mol. The van der Waals surface area contributed by atoms with Crippen LogP contribution in [0.25, 0.3) is 0 Å². The first-order chi connectivity index (χ1) is 12.0. The summed E-state index contributed by atoms with van der Waals surface area (Å²) in [6, 6.07) is 17.3. The largest absolute Gasteiger partial charge is 0.339 e. The number of carbonyl (C=O) groups is 1. The van der Waals surface area contributed by atoms with E-state index in [2.05, 4.69) is 20.8 Å². The van der Waals surface area contributed by atoms with Gasteiger partial charge in [0.05, 0.1) is 0 Å². The standard InChI is InChI=1S/C20H20N4O/c1-13-6-4-9-16(12-13)21-18-11-10-17(23-24-18)20(25)22-19-14(2)7-5-8-15(19)3/h4-12H,1-3H3,(H,21,24)(H,22,25). The number of nitrogens with zero attached hydrogens (tertiary/aromatic N) is 2. The molecule has 0 saturated heterocycles. The summed E-state index contributed by atoms with van der Waals surface area (Å²) in [7, 11) is 0. The van der Waals surface area contributed by atoms with Crippen molar-refractivity contribution in [1.29, 1.82) is 0 Å². The summed E-state index contributed by atoms with van der Waals surface area (Å²) in [5, 5.41) is 14.2. The fourth-order valence-corrected chi connectivity index (χ4v) is 2.58. The molecule has 1 heterocycles. The molecule has 0 aliphatic rings. The van der Waals surface area contributed by atoms with Crippen molar-refractivity contribution in [2.45, 2.75) is 20.8 Å². The molecular formula is C20H20N4O. The number of hydrogen-bond donors (Lipinski definition) is 2. The number of rotatable bonds is 4. The monoisotopic (exact) mass is 332 g/mol. The molecule has 0 aliphatic carbocycles. The Morgan fingerprint density at radius 1 is 0.880 bits per heavy atom. The highest BCUT2D eigenvalue weighted by Gasteiger charge is 2.11. The van der Waals surface area contributed by atoms with E-state index in [4.69, 9.17) is 0 Å². The summed E-state index contributed by atoms with van der Waals surface area (Å²) < 4.78 is 0. The Bertz CT molecular complexity index is 884. The molecular weight excluding hydrogens is 312 g/mol. The topological polar surface area (TPSA) is 66.9 Å². The average Bonchev–Trinajstić information content (AvgIpc) is 2.59. The lowest BCUT2D eigenvalue weighted by Crippen LogP contribution is -2.16. The van der Waals surface area contributed by atoms with Crippen LogP contribution in [0.15, 0.2) is 54.6 Å². The van der Waals surface area contributed by atoms with Gasteiger partial charge in [-0.3, -0.25) is 4.79 Å². The van der Waals surface area contributed by atoms with Gasteiger partial charge >= 0.3 is 0 Å². The van der Waals surface area contributed by atoms with E-state index in [0.717, 1.165) is 28.1 Å². The van der Waals surface area contributed by atoms with Gasteiger partial charge in [-0.05, 0) is 61.7 Å². The lowest BCUT2D eigenvalue weighted by molar-refractivity contribution is 0.102. The Labute approximate surface area is 147 Å². The SMILES string of the molecule is Cc1cccc(Nc2ccc(C(=O)Nc3c(C)cccc3C)nn2)c1. The van der Waals surface area contributed by atoms with Gasteiger partial charge in [-0.15, -0.1) is 10.2 Å². The molecule has 0 fully saturated rings. The van der Waals surface area contributed by atoms with Crippen LogP contribution in [0.2, 0.25) is 0 Å². The number of hydrogen-bond acceptors (Lipinski definition) is 4. The highest BCUT2D eigenvalue weighted by atomic mass is 16.1. The van der Waals surface area contributed by atoms with E-state index in [1.807, 2.05) is 63.2 Å². The third kappa shape index (κ3) is 4.01. The quantitative estimate of drug-likeness (QED) is 0.743. The molecule has 0 spiro atoms. The van der Waals surface area contributed by atoms with Gasteiger partial charge in [-0.2, -0.15) is 0 Å². The molecule has 0 bridgehead atoms. The van der Waals surface area contributed by atoms with Crippen molar-refractivity contribution < 1.29 is 4.79 Å². The highest BCUT2D eigenvalue weighted by Crippen LogP contribution is 2.20. The van der Waals surface area contributed by atoms with E-state index in [1.54, 1.807) is 12.1 Å². The first-order valence-electron chi connectivity index (χ1n) is 8.08. The molecule has 2 aromatic carbocycles. The van der Waals surface area contributed by atoms with Crippen LogP contribution in [0.3, 0.4) is 0 Å². The van der Waals surface area contributed by atoms with Crippen molar-refractivity contribution in [3.05, 3.63) is 77.0 Å². The molecule has 126 valence electrons. The molecule has 25 heavy (non-hydrogen) atoms.